The van der Waals surface area contributed by atoms with Crippen molar-refractivity contribution in [3.05, 3.63) is 37.1 Å². The highest BCUT2D eigenvalue weighted by atomic mass is 19.1. The number of unbranched alkanes of at least 4 members (excludes halogenated alkanes) is 1. The first-order valence-corrected chi connectivity index (χ1v) is 21.9. The molecule has 1 N–H and O–H groups in total. The summed E-state index contributed by atoms with van der Waals surface area (Å²) in [6, 6.07) is 2.33. The first-order chi connectivity index (χ1) is 28.7. The Morgan fingerprint density at radius 2 is 1.72 bits per heavy atom. The van der Waals surface area contributed by atoms with Gasteiger partial charge in [-0.25, -0.2) is 19.0 Å². The number of aryl methyl sites for hydroxylation is 1. The number of ether oxygens (including phenoxy) is 4. The van der Waals surface area contributed by atoms with Crippen molar-refractivity contribution < 1.29 is 47.6 Å². The molecule has 13 atom stereocenters. The Labute approximate surface area is 360 Å². The van der Waals surface area contributed by atoms with Crippen LogP contribution in [0.15, 0.2) is 37.1 Å². The van der Waals surface area contributed by atoms with Gasteiger partial charge in [0.15, 0.2) is 12.1 Å². The van der Waals surface area contributed by atoms with Gasteiger partial charge in [-0.3, -0.25) is 14.6 Å². The molecule has 0 spiro atoms. The van der Waals surface area contributed by atoms with E-state index in [4.69, 9.17) is 18.9 Å². The number of cyclic esters (lactones) is 1. The minimum absolute atomic E-state index is 0.0237. The lowest BCUT2D eigenvalue weighted by Gasteiger charge is -2.48. The summed E-state index contributed by atoms with van der Waals surface area (Å²) in [4.78, 5) is 71.9. The van der Waals surface area contributed by atoms with Gasteiger partial charge >= 0.3 is 12.0 Å². The number of aromatic nitrogens is 3. The number of fused-ring (bicyclic) bond motifs is 1. The van der Waals surface area contributed by atoms with E-state index in [0.29, 0.717) is 32.4 Å². The summed E-state index contributed by atoms with van der Waals surface area (Å²) in [5, 5.41) is 11.5. The van der Waals surface area contributed by atoms with E-state index < -0.39 is 77.0 Å². The zero-order chi connectivity index (χ0) is 45.2. The number of Topliss-reactive ketones (excluding diaryl/α,β-unsaturated/α-hetero) is 2. The molecular formula is C45H69FN6O9. The van der Waals surface area contributed by atoms with Gasteiger partial charge in [0.2, 0.25) is 0 Å². The lowest BCUT2D eigenvalue weighted by Crippen LogP contribution is -2.64. The van der Waals surface area contributed by atoms with Gasteiger partial charge < -0.3 is 43.3 Å². The van der Waals surface area contributed by atoms with Crippen LogP contribution in [0.5, 0.6) is 0 Å². The molecule has 15 nitrogen and oxygen atoms in total. The third kappa shape index (κ3) is 9.44. The van der Waals surface area contributed by atoms with E-state index >= 15 is 4.39 Å². The van der Waals surface area contributed by atoms with Gasteiger partial charge in [0, 0.05) is 74.7 Å². The number of aliphatic hydroxyl groups is 1. The van der Waals surface area contributed by atoms with Crippen molar-refractivity contribution in [2.45, 2.75) is 161 Å². The third-order valence-electron chi connectivity index (χ3n) is 13.7. The Bertz CT molecular complexity index is 1850. The highest BCUT2D eigenvalue weighted by molar-refractivity contribution is 6.08. The molecule has 2 amide bonds. The minimum atomic E-state index is -3.15. The van der Waals surface area contributed by atoms with Crippen LogP contribution in [0.25, 0.3) is 11.3 Å². The van der Waals surface area contributed by atoms with Crippen LogP contribution in [0.4, 0.5) is 9.18 Å². The number of pyridine rings is 1. The highest BCUT2D eigenvalue weighted by Crippen LogP contribution is 2.45. The lowest BCUT2D eigenvalue weighted by molar-refractivity contribution is -0.295. The van der Waals surface area contributed by atoms with Crippen molar-refractivity contribution >= 4 is 23.6 Å². The number of methoxy groups -OCH3 is 1. The molecule has 3 saturated heterocycles. The first-order valence-electron chi connectivity index (χ1n) is 21.9. The molecule has 3 aliphatic rings. The van der Waals surface area contributed by atoms with E-state index in [1.165, 1.54) is 14.0 Å². The Balaban J connectivity index is 1.50. The van der Waals surface area contributed by atoms with Crippen molar-refractivity contribution in [2.24, 2.45) is 17.8 Å². The van der Waals surface area contributed by atoms with Gasteiger partial charge in [-0.15, -0.1) is 0 Å². The number of urea groups is 1. The number of carbonyl (C=O) groups is 4. The molecule has 61 heavy (non-hydrogen) atoms. The molecule has 0 aliphatic carbocycles. The Morgan fingerprint density at radius 3 is 2.33 bits per heavy atom. The number of rotatable bonds is 12. The number of imidazole rings is 1. The second-order valence-electron chi connectivity index (χ2n) is 18.2. The molecule has 0 radical (unpaired) electrons. The SMILES string of the molecule is CC[C@H]1OC(=O)[C@@](C)(F)C(=O)[C@H](C)[C@@H](O[C@@H]2O[C@H](C)C[C@H](N(C)C)[C@H]2O)[C@@](C)(OC)C[C@@H](C)C(=O)[C@H](C)[C@H]2N(CCCCn3cnc(-c4cccnc4)c3)C(=O)N(CC)[C@]12C. The average molecular weight is 857 g/mol. The number of aliphatic hydroxyl groups excluding tert-OH is 1. The van der Waals surface area contributed by atoms with Gasteiger partial charge in [-0.1, -0.05) is 27.7 Å². The maximum absolute atomic E-state index is 17.1. The van der Waals surface area contributed by atoms with Crippen molar-refractivity contribution in [2.75, 3.05) is 34.3 Å². The fraction of sp³-hybridized carbons (Fsp3) is 0.733. The number of alkyl halides is 1. The van der Waals surface area contributed by atoms with E-state index in [9.17, 15) is 24.3 Å². The molecule has 2 aromatic heterocycles. The minimum Gasteiger partial charge on any atom is -0.457 e. The number of hydrogen-bond acceptors (Lipinski definition) is 12. The molecule has 5 rings (SSSR count). The topological polar surface area (TPSA) is 166 Å². The first kappa shape index (κ1) is 48.2. The monoisotopic (exact) mass is 857 g/mol. The number of halogens is 1. The van der Waals surface area contributed by atoms with Crippen molar-refractivity contribution in [3.8, 4) is 11.3 Å². The molecule has 340 valence electrons. The zero-order valence-corrected chi connectivity index (χ0v) is 38.2. The predicted octanol–water partition coefficient (Wildman–Crippen LogP) is 5.33. The number of likely N-dealkylation sites (N-methyl/N-ethyl adjacent to an activating group) is 2. The van der Waals surface area contributed by atoms with Crippen LogP contribution in [-0.2, 0) is 39.9 Å². The average Bonchev–Trinajstić information content (AvgIpc) is 3.79. The van der Waals surface area contributed by atoms with Crippen LogP contribution in [0.3, 0.4) is 0 Å². The summed E-state index contributed by atoms with van der Waals surface area (Å²) in [7, 11) is 5.09. The summed E-state index contributed by atoms with van der Waals surface area (Å²) < 4.78 is 43.9. The van der Waals surface area contributed by atoms with Crippen LogP contribution in [0.1, 0.15) is 94.4 Å². The molecule has 5 heterocycles. The Morgan fingerprint density at radius 1 is 1.03 bits per heavy atom. The maximum Gasteiger partial charge on any atom is 0.351 e. The molecule has 0 unspecified atom stereocenters. The molecule has 3 fully saturated rings. The predicted molar refractivity (Wildman–Crippen MR) is 226 cm³/mol. The van der Waals surface area contributed by atoms with Crippen LogP contribution >= 0.6 is 0 Å². The summed E-state index contributed by atoms with van der Waals surface area (Å²) >= 11 is 0. The normalized spacial score (nSPS) is 36.9. The molecular weight excluding hydrogens is 788 g/mol. The van der Waals surface area contributed by atoms with E-state index in [1.807, 2.05) is 55.7 Å². The van der Waals surface area contributed by atoms with E-state index in [2.05, 4.69) is 9.97 Å². The molecule has 0 aromatic carbocycles. The molecule has 3 aliphatic heterocycles. The van der Waals surface area contributed by atoms with Crippen LogP contribution in [0.2, 0.25) is 0 Å². The Hall–Kier alpha value is -3.83. The summed E-state index contributed by atoms with van der Waals surface area (Å²) in [6.45, 7) is 16.0. The van der Waals surface area contributed by atoms with Crippen LogP contribution in [-0.4, -0.2) is 152 Å². The van der Waals surface area contributed by atoms with Crippen LogP contribution < -0.4 is 0 Å². The molecule has 2 aromatic rings. The number of ketones is 2. The van der Waals surface area contributed by atoms with E-state index in [1.54, 1.807) is 63.1 Å². The number of esters is 1. The molecule has 0 saturated carbocycles. The van der Waals surface area contributed by atoms with Crippen molar-refractivity contribution in [1.82, 2.24) is 29.2 Å². The Kier molecular flexibility index (Phi) is 15.2. The van der Waals surface area contributed by atoms with Gasteiger partial charge in [-0.2, -0.15) is 0 Å². The molecule has 0 bridgehead atoms. The van der Waals surface area contributed by atoms with Gasteiger partial charge in [-0.05, 0) is 93.0 Å². The summed E-state index contributed by atoms with van der Waals surface area (Å²) in [5.74, 6) is -5.53. The fourth-order valence-electron chi connectivity index (χ4n) is 10.3. The van der Waals surface area contributed by atoms with E-state index in [0.717, 1.165) is 18.2 Å². The third-order valence-corrected chi connectivity index (χ3v) is 13.7. The molecule has 16 heteroatoms. The zero-order valence-electron chi connectivity index (χ0n) is 38.2. The summed E-state index contributed by atoms with van der Waals surface area (Å²) in [5.41, 5.74) is -4.17. The second-order valence-corrected chi connectivity index (χ2v) is 18.2. The smallest absolute Gasteiger partial charge is 0.351 e. The largest absolute Gasteiger partial charge is 0.457 e. The standard InChI is InChI=1S/C45H69FN6O9/c1-13-34-45(9)37(51(42(57)52(45)14-2)21-16-15-20-50-25-32(48-26-50)31-18-17-19-47-24-31)29(5)35(53)27(3)23-43(7,58-12)39(30(6)38(55)44(8,46)41(56)60-34)61-40-36(54)33(49(10)11)22-28(4)59-40/h17-19,24-30,33-34,36-37,39-40,54H,13-16,20-23H2,1-12H3/t27-,28-,29+,30+,33+,34-,36-,37-,39-,40+,43+,44+,45-/m1/s1. The van der Waals surface area contributed by atoms with Gasteiger partial charge in [0.05, 0.1) is 41.4 Å². The maximum atomic E-state index is 17.1. The van der Waals surface area contributed by atoms with Crippen molar-refractivity contribution in [1.29, 1.82) is 0 Å². The van der Waals surface area contributed by atoms with Gasteiger partial charge in [0.1, 0.15) is 18.0 Å². The fourth-order valence-corrected chi connectivity index (χ4v) is 10.3. The number of carbonyl (C=O) groups excluding carboxylic acids is 4. The number of nitrogens with zero attached hydrogens (tertiary/aromatic N) is 6. The van der Waals surface area contributed by atoms with Crippen molar-refractivity contribution in [3.63, 3.8) is 0 Å². The van der Waals surface area contributed by atoms with Crippen LogP contribution in [0, 0.1) is 17.8 Å². The number of amides is 2. The number of hydrogen-bond donors (Lipinski definition) is 1. The summed E-state index contributed by atoms with van der Waals surface area (Å²) in [6.07, 6.45) is 4.04. The lowest BCUT2D eigenvalue weighted by atomic mass is 9.72. The van der Waals surface area contributed by atoms with Gasteiger partial charge in [0.25, 0.3) is 5.67 Å². The quantitative estimate of drug-likeness (QED) is 0.166. The second kappa shape index (κ2) is 19.3. The highest BCUT2D eigenvalue weighted by Gasteiger charge is 2.63. The van der Waals surface area contributed by atoms with E-state index in [-0.39, 0.29) is 43.3 Å².